The highest BCUT2D eigenvalue weighted by atomic mass is 16.3. The van der Waals surface area contributed by atoms with E-state index in [0.717, 1.165) is 19.4 Å². The van der Waals surface area contributed by atoms with Crippen molar-refractivity contribution in [3.8, 4) is 0 Å². The third-order valence-corrected chi connectivity index (χ3v) is 2.89. The molecular formula is C11H22N2O2. The molecule has 88 valence electrons. The lowest BCUT2D eigenvalue weighted by Crippen LogP contribution is -2.39. The lowest BCUT2D eigenvalue weighted by molar-refractivity contribution is -0.133. The molecule has 0 aliphatic carbocycles. The van der Waals surface area contributed by atoms with Gasteiger partial charge in [0.25, 0.3) is 0 Å². The van der Waals surface area contributed by atoms with Crippen LogP contribution in [0.25, 0.3) is 0 Å². The van der Waals surface area contributed by atoms with Crippen LogP contribution in [-0.2, 0) is 4.79 Å². The van der Waals surface area contributed by atoms with Gasteiger partial charge in [-0.2, -0.15) is 0 Å². The van der Waals surface area contributed by atoms with Crippen molar-refractivity contribution in [2.75, 3.05) is 13.2 Å². The Bertz CT molecular complexity index is 223. The number of likely N-dealkylation sites (tertiary alicyclic amines) is 1. The van der Waals surface area contributed by atoms with E-state index in [1.165, 1.54) is 0 Å². The Morgan fingerprint density at radius 1 is 1.60 bits per heavy atom. The minimum Gasteiger partial charge on any atom is -0.394 e. The normalized spacial score (nSPS) is 22.1. The monoisotopic (exact) mass is 214 g/mol. The van der Waals surface area contributed by atoms with E-state index >= 15 is 0 Å². The van der Waals surface area contributed by atoms with Crippen LogP contribution in [0.3, 0.4) is 0 Å². The predicted octanol–water partition coefficient (Wildman–Crippen LogP) is 0.487. The maximum atomic E-state index is 11.8. The number of nitrogens with zero attached hydrogens (tertiary/aromatic N) is 1. The Morgan fingerprint density at radius 2 is 2.27 bits per heavy atom. The minimum absolute atomic E-state index is 0.0402. The fourth-order valence-electron chi connectivity index (χ4n) is 1.93. The van der Waals surface area contributed by atoms with E-state index in [0.29, 0.717) is 12.8 Å². The molecule has 1 aliphatic heterocycles. The lowest BCUT2D eigenvalue weighted by Gasteiger charge is -2.25. The van der Waals surface area contributed by atoms with Gasteiger partial charge >= 0.3 is 0 Å². The van der Waals surface area contributed by atoms with E-state index in [1.807, 2.05) is 13.8 Å². The molecule has 0 radical (unpaired) electrons. The summed E-state index contributed by atoms with van der Waals surface area (Å²) in [5, 5.41) is 9.09. The molecule has 4 heteroatoms. The van der Waals surface area contributed by atoms with E-state index in [1.54, 1.807) is 4.90 Å². The van der Waals surface area contributed by atoms with Gasteiger partial charge in [0.1, 0.15) is 0 Å². The van der Waals surface area contributed by atoms with Gasteiger partial charge in [0.2, 0.25) is 5.91 Å². The molecule has 1 heterocycles. The van der Waals surface area contributed by atoms with Gasteiger partial charge in [0.15, 0.2) is 0 Å². The number of amides is 1. The van der Waals surface area contributed by atoms with E-state index in [-0.39, 0.29) is 24.1 Å². The second-order valence-electron chi connectivity index (χ2n) is 5.05. The molecule has 1 amide bonds. The maximum Gasteiger partial charge on any atom is 0.222 e. The molecule has 0 spiro atoms. The molecule has 3 N–H and O–H groups in total. The van der Waals surface area contributed by atoms with Crippen LogP contribution in [0.2, 0.25) is 0 Å². The zero-order valence-corrected chi connectivity index (χ0v) is 9.70. The standard InChI is InChI=1S/C11H22N2O2/c1-11(2,12)6-5-10(15)13-7-3-4-9(13)8-14/h9,14H,3-8,12H2,1-2H3. The van der Waals surface area contributed by atoms with E-state index in [9.17, 15) is 4.79 Å². The van der Waals surface area contributed by atoms with Crippen molar-refractivity contribution in [3.63, 3.8) is 0 Å². The lowest BCUT2D eigenvalue weighted by atomic mass is 9.99. The molecule has 1 saturated heterocycles. The molecule has 1 rings (SSSR count). The van der Waals surface area contributed by atoms with Crippen molar-refractivity contribution in [1.29, 1.82) is 0 Å². The van der Waals surface area contributed by atoms with E-state index < -0.39 is 0 Å². The summed E-state index contributed by atoms with van der Waals surface area (Å²) in [4.78, 5) is 13.6. The average molecular weight is 214 g/mol. The molecule has 1 atom stereocenters. The number of rotatable bonds is 4. The number of aliphatic hydroxyl groups is 1. The Labute approximate surface area is 91.4 Å². The van der Waals surface area contributed by atoms with Gasteiger partial charge in [-0.25, -0.2) is 0 Å². The zero-order valence-electron chi connectivity index (χ0n) is 9.70. The van der Waals surface area contributed by atoms with Crippen molar-refractivity contribution in [2.24, 2.45) is 5.73 Å². The first-order valence-electron chi connectivity index (χ1n) is 5.63. The molecule has 0 aromatic rings. The molecular weight excluding hydrogens is 192 g/mol. The predicted molar refractivity (Wildman–Crippen MR) is 59.3 cm³/mol. The van der Waals surface area contributed by atoms with E-state index in [2.05, 4.69) is 0 Å². The van der Waals surface area contributed by atoms with Crippen LogP contribution in [0.4, 0.5) is 0 Å². The van der Waals surface area contributed by atoms with Gasteiger partial charge in [0.05, 0.1) is 12.6 Å². The molecule has 1 fully saturated rings. The largest absolute Gasteiger partial charge is 0.394 e. The third-order valence-electron chi connectivity index (χ3n) is 2.89. The number of aliphatic hydroxyl groups excluding tert-OH is 1. The Kier molecular flexibility index (Phi) is 4.11. The highest BCUT2D eigenvalue weighted by molar-refractivity contribution is 5.76. The summed E-state index contributed by atoms with van der Waals surface area (Å²) in [7, 11) is 0. The van der Waals surface area contributed by atoms with Gasteiger partial charge < -0.3 is 15.7 Å². The van der Waals surface area contributed by atoms with Gasteiger partial charge in [-0.1, -0.05) is 0 Å². The number of carbonyl (C=O) groups is 1. The topological polar surface area (TPSA) is 66.6 Å². The smallest absolute Gasteiger partial charge is 0.222 e. The quantitative estimate of drug-likeness (QED) is 0.715. The maximum absolute atomic E-state index is 11.8. The molecule has 0 aromatic carbocycles. The van der Waals surface area contributed by atoms with Crippen molar-refractivity contribution < 1.29 is 9.90 Å². The SMILES string of the molecule is CC(C)(N)CCC(=O)N1CCCC1CO. The van der Waals surface area contributed by atoms with Gasteiger partial charge in [0, 0.05) is 18.5 Å². The Balaban J connectivity index is 2.40. The van der Waals surface area contributed by atoms with Crippen LogP contribution in [0.5, 0.6) is 0 Å². The fourth-order valence-corrected chi connectivity index (χ4v) is 1.93. The average Bonchev–Trinajstić information content (AvgIpc) is 2.60. The summed E-state index contributed by atoms with van der Waals surface area (Å²) in [5.74, 6) is 0.130. The summed E-state index contributed by atoms with van der Waals surface area (Å²) in [6.45, 7) is 4.72. The summed E-state index contributed by atoms with van der Waals surface area (Å²) in [6.07, 6.45) is 3.11. The minimum atomic E-state index is -0.288. The van der Waals surface area contributed by atoms with E-state index in [4.69, 9.17) is 10.8 Å². The van der Waals surface area contributed by atoms with Crippen molar-refractivity contribution in [3.05, 3.63) is 0 Å². The van der Waals surface area contributed by atoms with Crippen LogP contribution in [0.1, 0.15) is 39.5 Å². The molecule has 15 heavy (non-hydrogen) atoms. The number of hydrogen-bond acceptors (Lipinski definition) is 3. The summed E-state index contributed by atoms with van der Waals surface area (Å²) < 4.78 is 0. The first-order chi connectivity index (χ1) is 6.94. The van der Waals surface area contributed by atoms with Crippen LogP contribution < -0.4 is 5.73 Å². The molecule has 0 aromatic heterocycles. The van der Waals surface area contributed by atoms with Crippen LogP contribution in [-0.4, -0.2) is 40.6 Å². The zero-order chi connectivity index (χ0) is 11.5. The summed E-state index contributed by atoms with van der Waals surface area (Å²) in [5.41, 5.74) is 5.54. The number of carbonyl (C=O) groups excluding carboxylic acids is 1. The molecule has 4 nitrogen and oxygen atoms in total. The Hall–Kier alpha value is -0.610. The second-order valence-corrected chi connectivity index (χ2v) is 5.05. The molecule has 1 unspecified atom stereocenters. The van der Waals surface area contributed by atoms with Crippen LogP contribution in [0.15, 0.2) is 0 Å². The highest BCUT2D eigenvalue weighted by Crippen LogP contribution is 2.19. The molecule has 1 aliphatic rings. The summed E-state index contributed by atoms with van der Waals surface area (Å²) in [6, 6.07) is 0.0402. The molecule has 0 bridgehead atoms. The van der Waals surface area contributed by atoms with Crippen molar-refractivity contribution in [2.45, 2.75) is 51.1 Å². The van der Waals surface area contributed by atoms with Gasteiger partial charge in [-0.3, -0.25) is 4.79 Å². The first kappa shape index (κ1) is 12.5. The highest BCUT2D eigenvalue weighted by Gasteiger charge is 2.28. The third kappa shape index (κ3) is 3.80. The van der Waals surface area contributed by atoms with Gasteiger partial charge in [-0.15, -0.1) is 0 Å². The van der Waals surface area contributed by atoms with Crippen LogP contribution >= 0.6 is 0 Å². The second kappa shape index (κ2) is 4.94. The Morgan fingerprint density at radius 3 is 2.80 bits per heavy atom. The molecule has 0 saturated carbocycles. The van der Waals surface area contributed by atoms with Crippen molar-refractivity contribution in [1.82, 2.24) is 4.90 Å². The number of hydrogen-bond donors (Lipinski definition) is 2. The fraction of sp³-hybridized carbons (Fsp3) is 0.909. The van der Waals surface area contributed by atoms with Crippen LogP contribution in [0, 0.1) is 0 Å². The first-order valence-corrected chi connectivity index (χ1v) is 5.63. The number of nitrogens with two attached hydrogens (primary N) is 1. The summed E-state index contributed by atoms with van der Waals surface area (Å²) >= 11 is 0. The van der Waals surface area contributed by atoms with Crippen molar-refractivity contribution >= 4 is 5.91 Å². The van der Waals surface area contributed by atoms with Gasteiger partial charge in [-0.05, 0) is 33.1 Å².